The maximum atomic E-state index is 12.3. The van der Waals surface area contributed by atoms with Crippen LogP contribution in [0.4, 0.5) is 0 Å². The summed E-state index contributed by atoms with van der Waals surface area (Å²) < 4.78 is 0. The fourth-order valence-corrected chi connectivity index (χ4v) is 2.99. The fourth-order valence-electron chi connectivity index (χ4n) is 2.81. The number of carbonyl (C=O) groups is 1. The molecule has 0 aliphatic heterocycles. The lowest BCUT2D eigenvalue weighted by atomic mass is 9.91. The van der Waals surface area contributed by atoms with Gasteiger partial charge in [0.15, 0.2) is 0 Å². The van der Waals surface area contributed by atoms with Crippen molar-refractivity contribution in [2.24, 2.45) is 5.73 Å². The van der Waals surface area contributed by atoms with E-state index in [-0.39, 0.29) is 18.0 Å². The Hall–Kier alpha value is -1.52. The minimum absolute atomic E-state index is 0.0616. The summed E-state index contributed by atoms with van der Waals surface area (Å²) in [4.78, 5) is 15.4. The number of rotatable bonds is 2. The molecule has 2 atom stereocenters. The van der Waals surface area contributed by atoms with E-state index in [9.17, 15) is 4.79 Å². The van der Waals surface area contributed by atoms with Crippen LogP contribution in [0, 0.1) is 0 Å². The molecular formula is C15H18ClN3O. The first-order valence-corrected chi connectivity index (χ1v) is 7.36. The molecule has 1 heterocycles. The van der Waals surface area contributed by atoms with Gasteiger partial charge in [0.1, 0.15) is 5.69 Å². The van der Waals surface area contributed by atoms with Gasteiger partial charge in [0, 0.05) is 28.0 Å². The lowest BCUT2D eigenvalue weighted by Crippen LogP contribution is -2.49. The lowest BCUT2D eigenvalue weighted by Gasteiger charge is -2.29. The van der Waals surface area contributed by atoms with Crippen LogP contribution in [0.2, 0.25) is 5.02 Å². The highest BCUT2D eigenvalue weighted by Crippen LogP contribution is 2.21. The SMILES string of the molecule is N[C@H]1CCCC[C@@H]1NC(=O)c1cc2cc(Cl)ccc2[nH]1. The standard InChI is InChI=1S/C15H18ClN3O/c16-10-5-6-12-9(7-10)8-14(18-12)15(20)19-13-4-2-1-3-11(13)17/h5-8,11,13,18H,1-4,17H2,(H,19,20)/t11-,13-/m0/s1. The number of carbonyl (C=O) groups excluding carboxylic acids is 1. The molecule has 1 aliphatic carbocycles. The van der Waals surface area contributed by atoms with Crippen LogP contribution in [0.15, 0.2) is 24.3 Å². The molecule has 4 nitrogen and oxygen atoms in total. The van der Waals surface area contributed by atoms with E-state index < -0.39 is 0 Å². The average Bonchev–Trinajstić information content (AvgIpc) is 2.84. The lowest BCUT2D eigenvalue weighted by molar-refractivity contribution is 0.0917. The number of aromatic amines is 1. The van der Waals surface area contributed by atoms with Crippen molar-refractivity contribution >= 4 is 28.4 Å². The summed E-state index contributed by atoms with van der Waals surface area (Å²) >= 11 is 5.95. The van der Waals surface area contributed by atoms with Crippen LogP contribution < -0.4 is 11.1 Å². The summed E-state index contributed by atoms with van der Waals surface area (Å²) in [5, 5.41) is 4.64. The van der Waals surface area contributed by atoms with E-state index in [1.54, 1.807) is 6.07 Å². The van der Waals surface area contributed by atoms with Crippen molar-refractivity contribution < 1.29 is 4.79 Å². The van der Waals surface area contributed by atoms with E-state index >= 15 is 0 Å². The van der Waals surface area contributed by atoms with E-state index in [0.717, 1.165) is 36.6 Å². The summed E-state index contributed by atoms with van der Waals surface area (Å²) in [7, 11) is 0. The maximum absolute atomic E-state index is 12.3. The monoisotopic (exact) mass is 291 g/mol. The van der Waals surface area contributed by atoms with Gasteiger partial charge < -0.3 is 16.0 Å². The Morgan fingerprint density at radius 2 is 2.10 bits per heavy atom. The number of hydrogen-bond donors (Lipinski definition) is 3. The first-order chi connectivity index (χ1) is 9.63. The second-order valence-corrected chi connectivity index (χ2v) is 5.88. The highest BCUT2D eigenvalue weighted by atomic mass is 35.5. The number of amides is 1. The van der Waals surface area contributed by atoms with Crippen molar-refractivity contribution in [3.05, 3.63) is 35.0 Å². The van der Waals surface area contributed by atoms with E-state index in [2.05, 4.69) is 10.3 Å². The first-order valence-electron chi connectivity index (χ1n) is 6.98. The number of benzene rings is 1. The number of nitrogens with one attached hydrogen (secondary N) is 2. The quantitative estimate of drug-likeness (QED) is 0.796. The van der Waals surface area contributed by atoms with E-state index in [0.29, 0.717) is 10.7 Å². The molecule has 1 aromatic carbocycles. The van der Waals surface area contributed by atoms with Gasteiger partial charge in [-0.15, -0.1) is 0 Å². The van der Waals surface area contributed by atoms with Crippen LogP contribution in [-0.2, 0) is 0 Å². The van der Waals surface area contributed by atoms with Crippen molar-refractivity contribution in [3.8, 4) is 0 Å². The normalized spacial score (nSPS) is 22.9. The van der Waals surface area contributed by atoms with Crippen molar-refractivity contribution in [3.63, 3.8) is 0 Å². The van der Waals surface area contributed by atoms with Crippen LogP contribution in [-0.4, -0.2) is 23.0 Å². The van der Waals surface area contributed by atoms with Gasteiger partial charge in [-0.25, -0.2) is 0 Å². The topological polar surface area (TPSA) is 70.9 Å². The molecule has 0 bridgehead atoms. The van der Waals surface area contributed by atoms with E-state index in [1.165, 1.54) is 0 Å². The average molecular weight is 292 g/mol. The van der Waals surface area contributed by atoms with Crippen molar-refractivity contribution in [1.82, 2.24) is 10.3 Å². The molecule has 2 aromatic rings. The van der Waals surface area contributed by atoms with Gasteiger partial charge in [0.25, 0.3) is 5.91 Å². The number of H-pyrrole nitrogens is 1. The zero-order valence-corrected chi connectivity index (χ0v) is 11.9. The Labute approximate surface area is 122 Å². The van der Waals surface area contributed by atoms with E-state index in [4.69, 9.17) is 17.3 Å². The molecule has 0 spiro atoms. The molecule has 0 radical (unpaired) electrons. The minimum Gasteiger partial charge on any atom is -0.351 e. The highest BCUT2D eigenvalue weighted by molar-refractivity contribution is 6.31. The summed E-state index contributed by atoms with van der Waals surface area (Å²) in [6.07, 6.45) is 4.21. The van der Waals surface area contributed by atoms with Crippen LogP contribution in [0.1, 0.15) is 36.2 Å². The fraction of sp³-hybridized carbons (Fsp3) is 0.400. The minimum atomic E-state index is -0.0975. The molecular weight excluding hydrogens is 274 g/mol. The Bertz CT molecular complexity index is 637. The van der Waals surface area contributed by atoms with Gasteiger partial charge in [-0.3, -0.25) is 4.79 Å². The number of halogens is 1. The number of nitrogens with two attached hydrogens (primary N) is 1. The molecule has 1 saturated carbocycles. The molecule has 1 fully saturated rings. The summed E-state index contributed by atoms with van der Waals surface area (Å²) in [6, 6.07) is 7.49. The van der Waals surface area contributed by atoms with Gasteiger partial charge in [-0.2, -0.15) is 0 Å². The number of hydrogen-bond acceptors (Lipinski definition) is 2. The Morgan fingerprint density at radius 3 is 2.90 bits per heavy atom. The Morgan fingerprint density at radius 1 is 1.30 bits per heavy atom. The van der Waals surface area contributed by atoms with Gasteiger partial charge in [0.2, 0.25) is 0 Å². The largest absolute Gasteiger partial charge is 0.351 e. The maximum Gasteiger partial charge on any atom is 0.268 e. The number of fused-ring (bicyclic) bond motifs is 1. The van der Waals surface area contributed by atoms with Crippen LogP contribution in [0.3, 0.4) is 0 Å². The molecule has 5 heteroatoms. The van der Waals surface area contributed by atoms with Gasteiger partial charge >= 0.3 is 0 Å². The molecule has 1 aromatic heterocycles. The molecule has 0 saturated heterocycles. The zero-order chi connectivity index (χ0) is 14.1. The molecule has 4 N–H and O–H groups in total. The molecule has 20 heavy (non-hydrogen) atoms. The zero-order valence-electron chi connectivity index (χ0n) is 11.2. The second-order valence-electron chi connectivity index (χ2n) is 5.44. The number of aromatic nitrogens is 1. The van der Waals surface area contributed by atoms with Crippen LogP contribution in [0.5, 0.6) is 0 Å². The van der Waals surface area contributed by atoms with Crippen molar-refractivity contribution in [1.29, 1.82) is 0 Å². The highest BCUT2D eigenvalue weighted by Gasteiger charge is 2.24. The Balaban J connectivity index is 1.78. The Kier molecular flexibility index (Phi) is 3.68. The third-order valence-electron chi connectivity index (χ3n) is 3.96. The van der Waals surface area contributed by atoms with Crippen molar-refractivity contribution in [2.45, 2.75) is 37.8 Å². The first kappa shape index (κ1) is 13.5. The van der Waals surface area contributed by atoms with Crippen molar-refractivity contribution in [2.75, 3.05) is 0 Å². The third-order valence-corrected chi connectivity index (χ3v) is 4.20. The molecule has 3 rings (SSSR count). The molecule has 106 valence electrons. The van der Waals surface area contributed by atoms with Gasteiger partial charge in [-0.05, 0) is 37.1 Å². The summed E-state index contributed by atoms with van der Waals surface area (Å²) in [6.45, 7) is 0. The van der Waals surface area contributed by atoms with Crippen LogP contribution >= 0.6 is 11.6 Å². The van der Waals surface area contributed by atoms with E-state index in [1.807, 2.05) is 18.2 Å². The summed E-state index contributed by atoms with van der Waals surface area (Å²) in [5.41, 5.74) is 7.52. The predicted octanol–water partition coefficient (Wildman–Crippen LogP) is 2.82. The smallest absolute Gasteiger partial charge is 0.268 e. The van der Waals surface area contributed by atoms with Gasteiger partial charge in [0.05, 0.1) is 0 Å². The predicted molar refractivity (Wildman–Crippen MR) is 81.0 cm³/mol. The van der Waals surface area contributed by atoms with Gasteiger partial charge in [-0.1, -0.05) is 24.4 Å². The third kappa shape index (κ3) is 2.67. The summed E-state index contributed by atoms with van der Waals surface area (Å²) in [5.74, 6) is -0.0975. The van der Waals surface area contributed by atoms with Crippen LogP contribution in [0.25, 0.3) is 10.9 Å². The molecule has 1 aliphatic rings. The second kappa shape index (κ2) is 5.46. The molecule has 0 unspecified atom stereocenters. The molecule has 1 amide bonds.